The number of nitrogens with zero attached hydrogens (tertiary/aromatic N) is 7. The summed E-state index contributed by atoms with van der Waals surface area (Å²) in [5, 5.41) is 16.7. The molecule has 0 unspecified atom stereocenters. The molecule has 2 N–H and O–H groups in total. The summed E-state index contributed by atoms with van der Waals surface area (Å²) in [6.07, 6.45) is 5.17. The topological polar surface area (TPSA) is 141 Å². The Bertz CT molecular complexity index is 2590. The molecule has 1 aliphatic heterocycles. The van der Waals surface area contributed by atoms with Gasteiger partial charge in [0.25, 0.3) is 11.8 Å². The molecular formula is C46H50Cl5N9O4. The number of hydrogen-bond donors (Lipinski definition) is 2. The van der Waals surface area contributed by atoms with E-state index in [0.29, 0.717) is 70.4 Å². The van der Waals surface area contributed by atoms with Gasteiger partial charge in [-0.25, -0.2) is 9.97 Å². The molecule has 6 aromatic rings. The number of rotatable bonds is 15. The number of halogens is 5. The maximum atomic E-state index is 12.8. The zero-order valence-electron chi connectivity index (χ0n) is 36.4. The summed E-state index contributed by atoms with van der Waals surface area (Å²) in [5.74, 6) is 3.25. The monoisotopic (exact) mass is 967 g/mol. The summed E-state index contributed by atoms with van der Waals surface area (Å²) in [6.45, 7) is 16.2. The van der Waals surface area contributed by atoms with Crippen molar-refractivity contribution in [1.29, 1.82) is 0 Å². The molecule has 7 rings (SSSR count). The maximum Gasteiger partial charge on any atom is 0.258 e. The maximum absolute atomic E-state index is 12.8. The molecule has 338 valence electrons. The third-order valence-electron chi connectivity index (χ3n) is 9.82. The van der Waals surface area contributed by atoms with Crippen LogP contribution in [0.4, 0.5) is 17.5 Å². The van der Waals surface area contributed by atoms with Crippen LogP contribution in [0.5, 0.6) is 11.5 Å². The van der Waals surface area contributed by atoms with Gasteiger partial charge in [-0.15, -0.1) is 0 Å². The molecule has 0 spiro atoms. The van der Waals surface area contributed by atoms with Gasteiger partial charge in [0.1, 0.15) is 22.5 Å². The molecule has 0 bridgehead atoms. The average molecular weight is 970 g/mol. The highest BCUT2D eigenvalue weighted by atomic mass is 35.5. The first-order valence-electron chi connectivity index (χ1n) is 20.8. The van der Waals surface area contributed by atoms with Crippen molar-refractivity contribution < 1.29 is 19.1 Å². The van der Waals surface area contributed by atoms with Crippen molar-refractivity contribution in [2.45, 2.75) is 67.5 Å². The smallest absolute Gasteiger partial charge is 0.258 e. The van der Waals surface area contributed by atoms with Gasteiger partial charge in [0, 0.05) is 70.2 Å². The van der Waals surface area contributed by atoms with Gasteiger partial charge in [0.2, 0.25) is 0 Å². The summed E-state index contributed by atoms with van der Waals surface area (Å²) >= 11 is 30.6. The minimum absolute atomic E-state index is 0.144. The Labute approximate surface area is 398 Å². The van der Waals surface area contributed by atoms with Gasteiger partial charge in [-0.05, 0) is 87.1 Å². The van der Waals surface area contributed by atoms with Gasteiger partial charge >= 0.3 is 0 Å². The van der Waals surface area contributed by atoms with E-state index in [2.05, 4.69) is 63.4 Å². The first-order valence-corrected chi connectivity index (χ1v) is 22.7. The number of hydrogen-bond acceptors (Lipinski definition) is 9. The van der Waals surface area contributed by atoms with Crippen molar-refractivity contribution in [3.8, 4) is 11.5 Å². The lowest BCUT2D eigenvalue weighted by molar-refractivity contribution is 0.101. The molecule has 1 fully saturated rings. The summed E-state index contributed by atoms with van der Waals surface area (Å²) in [5.41, 5.74) is 4.26. The fourth-order valence-electron chi connectivity index (χ4n) is 6.56. The van der Waals surface area contributed by atoms with E-state index in [9.17, 15) is 9.59 Å². The first-order chi connectivity index (χ1) is 30.5. The second kappa shape index (κ2) is 22.2. The van der Waals surface area contributed by atoms with Crippen LogP contribution >= 0.6 is 58.0 Å². The Morgan fingerprint density at radius 2 is 1.09 bits per heavy atom. The van der Waals surface area contributed by atoms with E-state index in [1.165, 1.54) is 12.3 Å². The van der Waals surface area contributed by atoms with E-state index in [0.717, 1.165) is 65.8 Å². The van der Waals surface area contributed by atoms with Crippen LogP contribution in [0.15, 0.2) is 73.1 Å². The second-order valence-electron chi connectivity index (χ2n) is 16.2. The largest absolute Gasteiger partial charge is 0.493 e. The molecule has 13 nitrogen and oxygen atoms in total. The van der Waals surface area contributed by atoms with Gasteiger partial charge in [-0.1, -0.05) is 85.7 Å². The summed E-state index contributed by atoms with van der Waals surface area (Å²) in [6, 6.07) is 17.8. The van der Waals surface area contributed by atoms with Crippen LogP contribution in [0.25, 0.3) is 0 Å². The summed E-state index contributed by atoms with van der Waals surface area (Å²) in [4.78, 5) is 35.7. The molecule has 0 aliphatic carbocycles. The van der Waals surface area contributed by atoms with Gasteiger partial charge < -0.3 is 25.0 Å². The Balaban J connectivity index is 0.000000214. The molecule has 2 aromatic carbocycles. The van der Waals surface area contributed by atoms with E-state index in [1.54, 1.807) is 29.1 Å². The Hall–Kier alpha value is -5.05. The quantitative estimate of drug-likeness (QED) is 0.0962. The Morgan fingerprint density at radius 3 is 1.53 bits per heavy atom. The minimum atomic E-state index is -0.380. The summed E-state index contributed by atoms with van der Waals surface area (Å²) < 4.78 is 15.5. The molecular weight excluding hydrogens is 920 g/mol. The molecule has 0 atom stereocenters. The molecule has 18 heteroatoms. The molecule has 1 aliphatic rings. The zero-order valence-corrected chi connectivity index (χ0v) is 40.2. The van der Waals surface area contributed by atoms with Crippen molar-refractivity contribution >= 4 is 87.3 Å². The summed E-state index contributed by atoms with van der Waals surface area (Å²) in [7, 11) is 0. The number of anilines is 3. The fourth-order valence-corrected chi connectivity index (χ4v) is 7.51. The van der Waals surface area contributed by atoms with Crippen LogP contribution in [0.3, 0.4) is 0 Å². The standard InChI is InChI=1S/C25H29Cl2N5O2.C21H21Cl3N4O2/c1-16(2)15-34-22-7-6-20(26)11-19(22)14-32-17(3)10-23(30-32)29-25(33)18-12-21(27)24(28-13-18)31-8-4-5-9-31;1-12(2)11-30-18-5-4-16(22)7-15(18)10-28-13(3)6-19(27-28)26-21(29)14-8-17(23)20(24)25-9-14/h6-7,10-13,16H,4-5,8-9,14-15H2,1-3H3,(H,29,30,33);4-9,12H,10-11H2,1-3H3,(H,26,27,29). The van der Waals surface area contributed by atoms with E-state index in [1.807, 2.05) is 54.9 Å². The lowest BCUT2D eigenvalue weighted by Gasteiger charge is -2.17. The zero-order chi connectivity index (χ0) is 46.1. The number of carbonyl (C=O) groups is 2. The van der Waals surface area contributed by atoms with Crippen LogP contribution in [0, 0.1) is 25.7 Å². The van der Waals surface area contributed by atoms with Crippen molar-refractivity contribution in [3.05, 3.63) is 132 Å². The van der Waals surface area contributed by atoms with E-state index >= 15 is 0 Å². The third kappa shape index (κ3) is 13.3. The highest BCUT2D eigenvalue weighted by Crippen LogP contribution is 2.29. The first kappa shape index (κ1) is 48.4. The molecule has 1 saturated heterocycles. The molecule has 2 amide bonds. The highest BCUT2D eigenvalue weighted by molar-refractivity contribution is 6.41. The lowest BCUT2D eigenvalue weighted by atomic mass is 10.2. The van der Waals surface area contributed by atoms with E-state index in [4.69, 9.17) is 67.5 Å². The normalized spacial score (nSPS) is 12.4. The Morgan fingerprint density at radius 1 is 0.641 bits per heavy atom. The predicted molar refractivity (Wildman–Crippen MR) is 257 cm³/mol. The van der Waals surface area contributed by atoms with Crippen LogP contribution in [0.2, 0.25) is 25.2 Å². The predicted octanol–water partition coefficient (Wildman–Crippen LogP) is 11.7. The molecule has 5 heterocycles. The van der Waals surface area contributed by atoms with Crippen LogP contribution < -0.4 is 25.0 Å². The molecule has 0 saturated carbocycles. The number of pyridine rings is 2. The average Bonchev–Trinajstić information content (AvgIpc) is 3.98. The number of carbonyl (C=O) groups excluding carboxylic acids is 2. The number of amides is 2. The second-order valence-corrected chi connectivity index (χ2v) is 18.2. The minimum Gasteiger partial charge on any atom is -0.493 e. The van der Waals surface area contributed by atoms with Gasteiger partial charge in [-0.3, -0.25) is 19.0 Å². The number of aryl methyl sites for hydroxylation is 2. The Kier molecular flexibility index (Phi) is 16.8. The van der Waals surface area contributed by atoms with Crippen LogP contribution in [0.1, 0.15) is 83.8 Å². The molecule has 0 radical (unpaired) electrons. The van der Waals surface area contributed by atoms with Gasteiger partial charge in [0.15, 0.2) is 11.6 Å². The van der Waals surface area contributed by atoms with Gasteiger partial charge in [0.05, 0.1) is 47.5 Å². The third-order valence-corrected chi connectivity index (χ3v) is 11.3. The van der Waals surface area contributed by atoms with Crippen LogP contribution in [-0.4, -0.2) is 67.6 Å². The highest BCUT2D eigenvalue weighted by Gasteiger charge is 2.20. The van der Waals surface area contributed by atoms with Crippen LogP contribution in [-0.2, 0) is 13.1 Å². The number of nitrogens with one attached hydrogen (secondary N) is 2. The van der Waals surface area contributed by atoms with Gasteiger partial charge in [-0.2, -0.15) is 10.2 Å². The van der Waals surface area contributed by atoms with Crippen molar-refractivity contribution in [3.63, 3.8) is 0 Å². The van der Waals surface area contributed by atoms with Crippen molar-refractivity contribution in [1.82, 2.24) is 29.5 Å². The number of benzene rings is 2. The van der Waals surface area contributed by atoms with Crippen molar-refractivity contribution in [2.24, 2.45) is 11.8 Å². The molecule has 4 aromatic heterocycles. The lowest BCUT2D eigenvalue weighted by Crippen LogP contribution is -2.20. The van der Waals surface area contributed by atoms with Crippen molar-refractivity contribution in [2.75, 3.05) is 41.8 Å². The molecule has 64 heavy (non-hydrogen) atoms. The van der Waals surface area contributed by atoms with E-state index in [-0.39, 0.29) is 27.6 Å². The SMILES string of the molecule is Cc1cc(NC(=O)c2cnc(Cl)c(Cl)c2)nn1Cc1cc(Cl)ccc1OCC(C)C.Cc1cc(NC(=O)c2cnc(N3CCCC3)c(Cl)c2)nn1Cc1cc(Cl)ccc1OCC(C)C. The van der Waals surface area contributed by atoms with E-state index < -0.39 is 0 Å². The fraction of sp³-hybridized carbons (Fsp3) is 0.348. The number of aromatic nitrogens is 6. The number of ether oxygens (including phenoxy) is 2.